The summed E-state index contributed by atoms with van der Waals surface area (Å²) < 4.78 is 2.80. The topological polar surface area (TPSA) is 42.7 Å². The van der Waals surface area contributed by atoms with Gasteiger partial charge >= 0.3 is 0 Å². The lowest BCUT2D eigenvalue weighted by Gasteiger charge is -2.24. The minimum atomic E-state index is 0.368. The molecule has 0 aromatic carbocycles. The zero-order valence-electron chi connectivity index (χ0n) is 12.7. The molecule has 1 saturated carbocycles. The molecule has 1 aromatic heterocycles. The summed E-state index contributed by atoms with van der Waals surface area (Å²) in [5, 5.41) is 12.0. The van der Waals surface area contributed by atoms with Gasteiger partial charge in [-0.15, -0.1) is 5.10 Å². The number of hydrogen-bond donors (Lipinski definition) is 1. The summed E-state index contributed by atoms with van der Waals surface area (Å²) in [4.78, 5) is 0. The van der Waals surface area contributed by atoms with Gasteiger partial charge in [0.05, 0.1) is 11.7 Å². The molecule has 1 heterocycles. The van der Waals surface area contributed by atoms with Crippen molar-refractivity contribution >= 4 is 15.9 Å². The van der Waals surface area contributed by atoms with Crippen LogP contribution in [0.5, 0.6) is 0 Å². The maximum atomic E-state index is 4.15. The van der Waals surface area contributed by atoms with Crippen molar-refractivity contribution in [3.63, 3.8) is 0 Å². The molecule has 4 nitrogen and oxygen atoms in total. The van der Waals surface area contributed by atoms with E-state index in [0.29, 0.717) is 6.04 Å². The van der Waals surface area contributed by atoms with Crippen molar-refractivity contribution in [3.05, 3.63) is 10.3 Å². The van der Waals surface area contributed by atoms with E-state index in [-0.39, 0.29) is 0 Å². The van der Waals surface area contributed by atoms with Gasteiger partial charge in [-0.2, -0.15) is 0 Å². The molecule has 20 heavy (non-hydrogen) atoms. The molecule has 1 unspecified atom stereocenters. The van der Waals surface area contributed by atoms with Gasteiger partial charge in [-0.05, 0) is 41.2 Å². The van der Waals surface area contributed by atoms with Crippen LogP contribution in [-0.4, -0.2) is 21.5 Å². The van der Waals surface area contributed by atoms with E-state index in [2.05, 4.69) is 38.5 Å². The Morgan fingerprint density at radius 3 is 2.55 bits per heavy atom. The van der Waals surface area contributed by atoms with E-state index in [1.54, 1.807) is 0 Å². The lowest BCUT2D eigenvalue weighted by molar-refractivity contribution is 0.345. The molecule has 5 heteroatoms. The smallest absolute Gasteiger partial charge is 0.153 e. The van der Waals surface area contributed by atoms with E-state index in [9.17, 15) is 0 Å². The normalized spacial score (nSPS) is 18.9. The van der Waals surface area contributed by atoms with Gasteiger partial charge in [0.2, 0.25) is 0 Å². The largest absolute Gasteiger partial charge is 0.309 e. The fourth-order valence-electron chi connectivity index (χ4n) is 3.25. The van der Waals surface area contributed by atoms with Gasteiger partial charge in [0.15, 0.2) is 4.60 Å². The fraction of sp³-hybridized carbons (Fsp3) is 0.867. The van der Waals surface area contributed by atoms with Crippen LogP contribution in [0.15, 0.2) is 4.60 Å². The van der Waals surface area contributed by atoms with E-state index >= 15 is 0 Å². The lowest BCUT2D eigenvalue weighted by atomic mass is 9.91. The highest BCUT2D eigenvalue weighted by Crippen LogP contribution is 2.32. The quantitative estimate of drug-likeness (QED) is 0.795. The molecule has 114 valence electrons. The molecule has 2 rings (SSSR count). The van der Waals surface area contributed by atoms with Crippen LogP contribution >= 0.6 is 15.9 Å². The second kappa shape index (κ2) is 8.13. The maximum absolute atomic E-state index is 4.15. The Morgan fingerprint density at radius 2 is 2.00 bits per heavy atom. The summed E-state index contributed by atoms with van der Waals surface area (Å²) in [5.41, 5.74) is 1.20. The number of hydrogen-bond acceptors (Lipinski definition) is 3. The number of aromatic nitrogens is 3. The molecule has 0 radical (unpaired) electrons. The molecule has 1 N–H and O–H groups in total. The fourth-order valence-corrected chi connectivity index (χ4v) is 3.86. The van der Waals surface area contributed by atoms with Crippen LogP contribution in [0.2, 0.25) is 0 Å². The number of nitrogens with zero attached hydrogens (tertiary/aromatic N) is 3. The number of nitrogens with one attached hydrogen (secondary N) is 1. The minimum Gasteiger partial charge on any atom is -0.309 e. The highest BCUT2D eigenvalue weighted by molar-refractivity contribution is 9.10. The van der Waals surface area contributed by atoms with Crippen LogP contribution in [0.3, 0.4) is 0 Å². The molecule has 1 aliphatic carbocycles. The van der Waals surface area contributed by atoms with Gasteiger partial charge in [0.25, 0.3) is 0 Å². The Bertz CT molecular complexity index is 377. The van der Waals surface area contributed by atoms with Crippen LogP contribution in [-0.2, 0) is 7.05 Å². The zero-order valence-corrected chi connectivity index (χ0v) is 14.3. The molecule has 1 aliphatic rings. The summed E-state index contributed by atoms with van der Waals surface area (Å²) in [7, 11) is 1.99. The summed E-state index contributed by atoms with van der Waals surface area (Å²) in [6.07, 6.45) is 10.8. The molecule has 1 aromatic rings. The Balaban J connectivity index is 2.06. The molecule has 1 fully saturated rings. The van der Waals surface area contributed by atoms with Crippen molar-refractivity contribution in [1.82, 2.24) is 20.3 Å². The first-order valence-corrected chi connectivity index (χ1v) is 8.80. The van der Waals surface area contributed by atoms with E-state index in [1.807, 2.05) is 11.7 Å². The van der Waals surface area contributed by atoms with Gasteiger partial charge in [0, 0.05) is 7.05 Å². The molecular formula is C15H27BrN4. The van der Waals surface area contributed by atoms with Crippen LogP contribution in [0.4, 0.5) is 0 Å². The van der Waals surface area contributed by atoms with Crippen LogP contribution in [0.1, 0.15) is 70.0 Å². The summed E-state index contributed by atoms with van der Waals surface area (Å²) in [6, 6.07) is 0.368. The van der Waals surface area contributed by atoms with Crippen molar-refractivity contribution in [2.75, 3.05) is 6.54 Å². The van der Waals surface area contributed by atoms with Crippen LogP contribution in [0, 0.1) is 5.92 Å². The van der Waals surface area contributed by atoms with Gasteiger partial charge in [-0.3, -0.25) is 0 Å². The van der Waals surface area contributed by atoms with E-state index in [4.69, 9.17) is 0 Å². The average molecular weight is 343 g/mol. The third kappa shape index (κ3) is 4.29. The van der Waals surface area contributed by atoms with Gasteiger partial charge in [0.1, 0.15) is 0 Å². The highest BCUT2D eigenvalue weighted by atomic mass is 79.9. The molecule has 1 atom stereocenters. The second-order valence-electron chi connectivity index (χ2n) is 5.99. The molecular weight excluding hydrogens is 316 g/mol. The third-order valence-corrected chi connectivity index (χ3v) is 4.91. The predicted molar refractivity (Wildman–Crippen MR) is 85.5 cm³/mol. The number of halogens is 1. The van der Waals surface area contributed by atoms with Crippen LogP contribution in [0.25, 0.3) is 0 Å². The monoisotopic (exact) mass is 342 g/mol. The Morgan fingerprint density at radius 1 is 1.30 bits per heavy atom. The van der Waals surface area contributed by atoms with Crippen LogP contribution < -0.4 is 5.32 Å². The van der Waals surface area contributed by atoms with Crippen molar-refractivity contribution in [1.29, 1.82) is 0 Å². The molecule has 0 aliphatic heterocycles. The van der Waals surface area contributed by atoms with Crippen molar-refractivity contribution in [2.24, 2.45) is 13.0 Å². The molecule has 0 spiro atoms. The number of rotatable bonds is 6. The predicted octanol–water partition coefficient (Wildman–Crippen LogP) is 3.98. The minimum absolute atomic E-state index is 0.368. The van der Waals surface area contributed by atoms with Crippen molar-refractivity contribution in [2.45, 2.75) is 64.3 Å². The lowest BCUT2D eigenvalue weighted by Crippen LogP contribution is -2.26. The number of aryl methyl sites for hydroxylation is 1. The summed E-state index contributed by atoms with van der Waals surface area (Å²) >= 11 is 3.56. The molecule has 0 saturated heterocycles. The second-order valence-corrected chi connectivity index (χ2v) is 6.74. The third-order valence-electron chi connectivity index (χ3n) is 4.34. The zero-order chi connectivity index (χ0) is 14.4. The van der Waals surface area contributed by atoms with E-state index in [1.165, 1.54) is 50.6 Å². The van der Waals surface area contributed by atoms with Crippen molar-refractivity contribution < 1.29 is 0 Å². The Labute approximate surface area is 130 Å². The summed E-state index contributed by atoms with van der Waals surface area (Å²) in [5.74, 6) is 0.841. The first kappa shape index (κ1) is 16.0. The van der Waals surface area contributed by atoms with Gasteiger partial charge in [-0.25, -0.2) is 4.68 Å². The van der Waals surface area contributed by atoms with Gasteiger partial charge < -0.3 is 5.32 Å². The molecule has 0 bridgehead atoms. The maximum Gasteiger partial charge on any atom is 0.153 e. The van der Waals surface area contributed by atoms with E-state index < -0.39 is 0 Å². The SMILES string of the molecule is CCCNC(CC1CCCCCC1)c1c(Br)nnn1C. The Kier molecular flexibility index (Phi) is 6.49. The Hall–Kier alpha value is -0.420. The average Bonchev–Trinajstić information content (AvgIpc) is 2.66. The molecule has 0 amide bonds. The van der Waals surface area contributed by atoms with Crippen molar-refractivity contribution in [3.8, 4) is 0 Å². The first-order valence-electron chi connectivity index (χ1n) is 8.00. The van der Waals surface area contributed by atoms with Gasteiger partial charge in [-0.1, -0.05) is 50.7 Å². The first-order chi connectivity index (χ1) is 9.72. The highest BCUT2D eigenvalue weighted by Gasteiger charge is 2.24. The standard InChI is InChI=1S/C15H27BrN4/c1-3-10-17-13(14-15(16)18-19-20(14)2)11-12-8-6-4-5-7-9-12/h12-13,17H,3-11H2,1-2H3. The summed E-state index contributed by atoms with van der Waals surface area (Å²) in [6.45, 7) is 3.27. The van der Waals surface area contributed by atoms with E-state index in [0.717, 1.165) is 23.5 Å².